The third kappa shape index (κ3) is 11.9. The number of rotatable bonds is 22. The number of unbranched alkanes of at least 4 members (excludes halogenated alkanes) is 7. The summed E-state index contributed by atoms with van der Waals surface area (Å²) in [5, 5.41) is 42.4. The standard InChI is InChI=1S/C36H56NO5/c1-2-3-4-5-11-18-32(38)19-12-6-7-13-20-33(35(40)41)34(39)23-25-36(42)24-14-17-29(36)27-31-22-21-30(37-31)26-28-15-9-8-10-16-28/h8-10,15-16,21-22,29,32-34,38-39,42H,2-7,11-14,17-20,23-27H2,1H3,(H,40,41)/q-1. The average Bonchev–Trinajstić information content (AvgIpc) is 3.57. The first kappa shape index (κ1) is 34.3. The van der Waals surface area contributed by atoms with Gasteiger partial charge in [0, 0.05) is 0 Å². The van der Waals surface area contributed by atoms with Crippen LogP contribution in [-0.4, -0.2) is 44.2 Å². The van der Waals surface area contributed by atoms with Crippen molar-refractivity contribution >= 4 is 5.97 Å². The number of hydrogen-bond donors (Lipinski definition) is 4. The van der Waals surface area contributed by atoms with Crippen LogP contribution in [0.25, 0.3) is 0 Å². The molecule has 1 saturated carbocycles. The molecule has 3 rings (SSSR count). The first-order valence-corrected chi connectivity index (χ1v) is 16.8. The second-order valence-electron chi connectivity index (χ2n) is 12.9. The van der Waals surface area contributed by atoms with Crippen LogP contribution in [-0.2, 0) is 17.6 Å². The van der Waals surface area contributed by atoms with Gasteiger partial charge in [0.2, 0.25) is 0 Å². The molecule has 1 heterocycles. The van der Waals surface area contributed by atoms with Crippen molar-refractivity contribution in [3.63, 3.8) is 0 Å². The molecule has 0 radical (unpaired) electrons. The van der Waals surface area contributed by atoms with Crippen molar-refractivity contribution < 1.29 is 25.2 Å². The van der Waals surface area contributed by atoms with Crippen molar-refractivity contribution in [3.8, 4) is 0 Å². The maximum absolute atomic E-state index is 12.0. The van der Waals surface area contributed by atoms with E-state index < -0.39 is 23.6 Å². The van der Waals surface area contributed by atoms with Gasteiger partial charge in [-0.15, -0.1) is 0 Å². The van der Waals surface area contributed by atoms with Gasteiger partial charge >= 0.3 is 5.97 Å². The van der Waals surface area contributed by atoms with Crippen molar-refractivity contribution in [2.24, 2.45) is 11.8 Å². The minimum atomic E-state index is -0.961. The summed E-state index contributed by atoms with van der Waals surface area (Å²) >= 11 is 0. The highest BCUT2D eigenvalue weighted by Crippen LogP contribution is 2.41. The second kappa shape index (κ2) is 18.5. The average molecular weight is 583 g/mol. The van der Waals surface area contributed by atoms with Crippen LogP contribution in [0, 0.1) is 11.8 Å². The Labute approximate surface area is 254 Å². The largest absolute Gasteiger partial charge is 0.664 e. The topological polar surface area (TPSA) is 112 Å². The molecule has 2 aromatic rings. The lowest BCUT2D eigenvalue weighted by Crippen LogP contribution is -2.37. The highest BCUT2D eigenvalue weighted by molar-refractivity contribution is 5.70. The summed E-state index contributed by atoms with van der Waals surface area (Å²) in [6, 6.07) is 14.4. The summed E-state index contributed by atoms with van der Waals surface area (Å²) in [7, 11) is 0. The Morgan fingerprint density at radius 2 is 1.52 bits per heavy atom. The lowest BCUT2D eigenvalue weighted by atomic mass is 9.81. The molecular formula is C36H56NO5-. The minimum Gasteiger partial charge on any atom is -0.664 e. The molecule has 5 unspecified atom stereocenters. The number of aliphatic hydroxyl groups excluding tert-OH is 2. The number of nitrogens with zero attached hydrogens (tertiary/aromatic N) is 1. The number of carboxylic acid groups (broad SMARTS) is 1. The van der Waals surface area contributed by atoms with Crippen LogP contribution in [0.15, 0.2) is 42.5 Å². The third-order valence-corrected chi connectivity index (χ3v) is 9.46. The first-order valence-electron chi connectivity index (χ1n) is 16.8. The third-order valence-electron chi connectivity index (χ3n) is 9.46. The Balaban J connectivity index is 1.36. The van der Waals surface area contributed by atoms with Gasteiger partial charge in [-0.2, -0.15) is 11.4 Å². The Morgan fingerprint density at radius 1 is 0.881 bits per heavy atom. The highest BCUT2D eigenvalue weighted by Gasteiger charge is 2.41. The molecule has 4 N–H and O–H groups in total. The zero-order valence-corrected chi connectivity index (χ0v) is 25.9. The molecule has 1 fully saturated rings. The lowest BCUT2D eigenvalue weighted by molar-refractivity contribution is -0.146. The zero-order chi connectivity index (χ0) is 30.2. The van der Waals surface area contributed by atoms with Gasteiger partial charge in [-0.05, 0) is 69.3 Å². The van der Waals surface area contributed by atoms with E-state index in [1.54, 1.807) is 0 Å². The Hall–Kier alpha value is -2.15. The van der Waals surface area contributed by atoms with E-state index in [0.29, 0.717) is 32.1 Å². The predicted molar refractivity (Wildman–Crippen MR) is 168 cm³/mol. The molecule has 6 heteroatoms. The molecule has 0 amide bonds. The first-order chi connectivity index (χ1) is 20.3. The Kier molecular flexibility index (Phi) is 15.1. The van der Waals surface area contributed by atoms with E-state index in [4.69, 9.17) is 4.98 Å². The molecule has 1 aliphatic rings. The molecule has 0 aliphatic heterocycles. The summed E-state index contributed by atoms with van der Waals surface area (Å²) in [6.07, 6.45) is 15.3. The minimum absolute atomic E-state index is 0.0687. The van der Waals surface area contributed by atoms with Crippen LogP contribution in [0.1, 0.15) is 133 Å². The van der Waals surface area contributed by atoms with E-state index in [0.717, 1.165) is 75.6 Å². The molecule has 5 atom stereocenters. The Bertz CT molecular complexity index is 1010. The van der Waals surface area contributed by atoms with Crippen molar-refractivity contribution in [2.45, 2.75) is 147 Å². The van der Waals surface area contributed by atoms with Gasteiger partial charge in [0.05, 0.1) is 23.7 Å². The highest BCUT2D eigenvalue weighted by atomic mass is 16.4. The van der Waals surface area contributed by atoms with Crippen LogP contribution in [0.3, 0.4) is 0 Å². The Morgan fingerprint density at radius 3 is 2.19 bits per heavy atom. The van der Waals surface area contributed by atoms with Gasteiger partial charge < -0.3 is 25.4 Å². The molecule has 1 aromatic heterocycles. The molecule has 0 bridgehead atoms. The van der Waals surface area contributed by atoms with Crippen molar-refractivity contribution in [3.05, 3.63) is 59.4 Å². The van der Waals surface area contributed by atoms with Crippen molar-refractivity contribution in [1.82, 2.24) is 4.98 Å². The number of carbonyl (C=O) groups is 1. The van der Waals surface area contributed by atoms with Gasteiger partial charge in [0.25, 0.3) is 0 Å². The van der Waals surface area contributed by atoms with E-state index in [-0.39, 0.29) is 12.0 Å². The molecule has 42 heavy (non-hydrogen) atoms. The number of aliphatic hydroxyl groups is 3. The molecule has 236 valence electrons. The van der Waals surface area contributed by atoms with E-state index >= 15 is 0 Å². The summed E-state index contributed by atoms with van der Waals surface area (Å²) < 4.78 is 0. The van der Waals surface area contributed by atoms with Gasteiger partial charge in [0.15, 0.2) is 0 Å². The number of aromatic nitrogens is 1. The van der Waals surface area contributed by atoms with Gasteiger partial charge in [-0.25, -0.2) is 0 Å². The summed E-state index contributed by atoms with van der Waals surface area (Å²) in [4.78, 5) is 16.8. The number of carboxylic acids is 1. The summed E-state index contributed by atoms with van der Waals surface area (Å²) in [5.74, 6) is -1.69. The number of aliphatic carboxylic acids is 1. The summed E-state index contributed by atoms with van der Waals surface area (Å²) in [6.45, 7) is 2.21. The normalized spacial score (nSPS) is 20.9. The predicted octanol–water partition coefficient (Wildman–Crippen LogP) is 7.21. The van der Waals surface area contributed by atoms with Crippen LogP contribution >= 0.6 is 0 Å². The SMILES string of the molecule is CCCCCCCC(O)CCCCCCC(C(=O)O)C(O)CCC1(O)CCCC1Cc1ccc(Cc2ccccc2)[n-]1. The van der Waals surface area contributed by atoms with Crippen LogP contribution in [0.5, 0.6) is 0 Å². The fourth-order valence-corrected chi connectivity index (χ4v) is 6.77. The number of hydrogen-bond acceptors (Lipinski definition) is 4. The maximum Gasteiger partial charge on any atom is 0.309 e. The van der Waals surface area contributed by atoms with E-state index in [9.17, 15) is 25.2 Å². The number of benzene rings is 1. The van der Waals surface area contributed by atoms with Crippen molar-refractivity contribution in [1.29, 1.82) is 0 Å². The molecule has 1 aromatic carbocycles. The smallest absolute Gasteiger partial charge is 0.309 e. The van der Waals surface area contributed by atoms with Crippen LogP contribution < -0.4 is 4.98 Å². The zero-order valence-electron chi connectivity index (χ0n) is 25.9. The summed E-state index contributed by atoms with van der Waals surface area (Å²) in [5.41, 5.74) is 2.37. The van der Waals surface area contributed by atoms with Crippen LogP contribution in [0.4, 0.5) is 0 Å². The molecule has 6 nitrogen and oxygen atoms in total. The maximum atomic E-state index is 12.0. The molecule has 0 spiro atoms. The van der Waals surface area contributed by atoms with E-state index in [1.165, 1.54) is 31.2 Å². The second-order valence-corrected chi connectivity index (χ2v) is 12.9. The molecule has 1 aliphatic carbocycles. The quantitative estimate of drug-likeness (QED) is 0.109. The lowest BCUT2D eigenvalue weighted by Gasteiger charge is -2.33. The fourth-order valence-electron chi connectivity index (χ4n) is 6.77. The molecular weight excluding hydrogens is 526 g/mol. The monoisotopic (exact) mass is 582 g/mol. The van der Waals surface area contributed by atoms with Gasteiger partial charge in [-0.3, -0.25) is 4.79 Å². The van der Waals surface area contributed by atoms with Crippen LogP contribution in [0.2, 0.25) is 0 Å². The van der Waals surface area contributed by atoms with Crippen molar-refractivity contribution in [2.75, 3.05) is 0 Å². The van der Waals surface area contributed by atoms with Gasteiger partial charge in [0.1, 0.15) is 0 Å². The van der Waals surface area contributed by atoms with E-state index in [2.05, 4.69) is 31.2 Å². The fraction of sp³-hybridized carbons (Fsp3) is 0.694. The molecule has 0 saturated heterocycles. The van der Waals surface area contributed by atoms with E-state index in [1.807, 2.05) is 18.2 Å². The van der Waals surface area contributed by atoms with Gasteiger partial charge in [-0.1, -0.05) is 114 Å².